The highest BCUT2D eigenvalue weighted by Crippen LogP contribution is 2.24. The Balaban J connectivity index is 1.94. The summed E-state index contributed by atoms with van der Waals surface area (Å²) in [7, 11) is 1.54. The predicted octanol–water partition coefficient (Wildman–Crippen LogP) is 2.91. The van der Waals surface area contributed by atoms with E-state index < -0.39 is 0 Å². The van der Waals surface area contributed by atoms with E-state index in [4.69, 9.17) is 9.47 Å². The second-order valence-electron chi connectivity index (χ2n) is 5.14. The van der Waals surface area contributed by atoms with Crippen molar-refractivity contribution >= 4 is 0 Å². The lowest BCUT2D eigenvalue weighted by Crippen LogP contribution is -2.29. The molecular weight excluding hydrogens is 245 g/mol. The summed E-state index contributed by atoms with van der Waals surface area (Å²) in [5.41, 5.74) is 0.673. The summed E-state index contributed by atoms with van der Waals surface area (Å²) in [5, 5.41) is 3.39. The summed E-state index contributed by atoms with van der Waals surface area (Å²) >= 11 is 0. The van der Waals surface area contributed by atoms with Gasteiger partial charge in [0.05, 0.1) is 13.2 Å². The molecule has 0 aromatic heterocycles. The Labute approximate surface area is 114 Å². The first kappa shape index (κ1) is 14.3. The molecule has 19 heavy (non-hydrogen) atoms. The first-order valence-electron chi connectivity index (χ1n) is 6.80. The number of ether oxygens (including phenoxy) is 2. The number of hydrogen-bond acceptors (Lipinski definition) is 3. The third kappa shape index (κ3) is 3.45. The summed E-state index contributed by atoms with van der Waals surface area (Å²) < 4.78 is 24.5. The second kappa shape index (κ2) is 6.35. The Kier molecular flexibility index (Phi) is 4.77. The monoisotopic (exact) mass is 267 g/mol. The van der Waals surface area contributed by atoms with Gasteiger partial charge in [0, 0.05) is 30.8 Å². The first-order chi connectivity index (χ1) is 9.11. The number of methoxy groups -OCH3 is 1. The minimum Gasteiger partial charge on any atom is -0.497 e. The van der Waals surface area contributed by atoms with Gasteiger partial charge >= 0.3 is 0 Å². The summed E-state index contributed by atoms with van der Waals surface area (Å²) in [6.07, 6.45) is 1.37. The van der Waals surface area contributed by atoms with Gasteiger partial charge in [-0.2, -0.15) is 0 Å². The van der Waals surface area contributed by atoms with E-state index in [1.165, 1.54) is 13.2 Å². The molecule has 3 nitrogen and oxygen atoms in total. The minimum absolute atomic E-state index is 0.0151. The average molecular weight is 267 g/mol. The number of nitrogens with one attached hydrogen (secondary N) is 1. The summed E-state index contributed by atoms with van der Waals surface area (Å²) in [6.45, 7) is 5.76. The molecule has 0 radical (unpaired) electrons. The molecule has 0 spiro atoms. The number of benzene rings is 1. The van der Waals surface area contributed by atoms with E-state index >= 15 is 0 Å². The zero-order chi connectivity index (χ0) is 13.8. The molecule has 1 saturated heterocycles. The van der Waals surface area contributed by atoms with Crippen LogP contribution in [-0.4, -0.2) is 26.4 Å². The van der Waals surface area contributed by atoms with Crippen molar-refractivity contribution in [3.8, 4) is 5.75 Å². The minimum atomic E-state index is -0.227. The van der Waals surface area contributed by atoms with Crippen LogP contribution in [0, 0.1) is 11.7 Å². The van der Waals surface area contributed by atoms with Crippen molar-refractivity contribution in [2.45, 2.75) is 32.4 Å². The maximum Gasteiger partial charge on any atom is 0.131 e. The molecule has 0 aliphatic carbocycles. The fourth-order valence-corrected chi connectivity index (χ4v) is 2.47. The van der Waals surface area contributed by atoms with Crippen molar-refractivity contribution in [1.82, 2.24) is 5.32 Å². The molecule has 3 unspecified atom stereocenters. The van der Waals surface area contributed by atoms with Gasteiger partial charge in [-0.3, -0.25) is 0 Å². The fourth-order valence-electron chi connectivity index (χ4n) is 2.47. The number of hydrogen-bond donors (Lipinski definition) is 1. The fraction of sp³-hybridized carbons (Fsp3) is 0.600. The van der Waals surface area contributed by atoms with E-state index in [9.17, 15) is 4.39 Å². The van der Waals surface area contributed by atoms with Crippen molar-refractivity contribution in [2.75, 3.05) is 20.3 Å². The Morgan fingerprint density at radius 2 is 2.32 bits per heavy atom. The van der Waals surface area contributed by atoms with Crippen molar-refractivity contribution in [3.63, 3.8) is 0 Å². The molecule has 2 rings (SSSR count). The van der Waals surface area contributed by atoms with E-state index in [1.54, 1.807) is 12.1 Å². The second-order valence-corrected chi connectivity index (χ2v) is 5.14. The van der Waals surface area contributed by atoms with Crippen LogP contribution in [0.3, 0.4) is 0 Å². The van der Waals surface area contributed by atoms with Gasteiger partial charge in [0.15, 0.2) is 0 Å². The van der Waals surface area contributed by atoms with Crippen LogP contribution in [0.5, 0.6) is 5.75 Å². The summed E-state index contributed by atoms with van der Waals surface area (Å²) in [5.74, 6) is 0.838. The molecule has 0 saturated carbocycles. The van der Waals surface area contributed by atoms with E-state index in [1.807, 2.05) is 6.92 Å². The van der Waals surface area contributed by atoms with Gasteiger partial charge in [0.25, 0.3) is 0 Å². The standard InChI is InChI=1S/C15H22FNO2/c1-10(17-9-12-6-7-19-11(12)2)14-5-4-13(18-3)8-15(14)16/h4-5,8,10-12,17H,6-7,9H2,1-3H3. The Morgan fingerprint density at radius 3 is 2.89 bits per heavy atom. The van der Waals surface area contributed by atoms with Gasteiger partial charge in [-0.1, -0.05) is 6.07 Å². The highest BCUT2D eigenvalue weighted by molar-refractivity contribution is 5.30. The van der Waals surface area contributed by atoms with E-state index in [-0.39, 0.29) is 11.9 Å². The lowest BCUT2D eigenvalue weighted by molar-refractivity contribution is 0.105. The molecule has 0 bridgehead atoms. The summed E-state index contributed by atoms with van der Waals surface area (Å²) in [4.78, 5) is 0. The summed E-state index contributed by atoms with van der Waals surface area (Å²) in [6, 6.07) is 4.98. The third-order valence-electron chi connectivity index (χ3n) is 3.89. The Hall–Kier alpha value is -1.13. The quantitative estimate of drug-likeness (QED) is 0.889. The van der Waals surface area contributed by atoms with E-state index in [0.717, 1.165) is 19.6 Å². The topological polar surface area (TPSA) is 30.5 Å². The van der Waals surface area contributed by atoms with Crippen LogP contribution in [0.4, 0.5) is 4.39 Å². The molecule has 1 aliphatic rings. The third-order valence-corrected chi connectivity index (χ3v) is 3.89. The molecule has 1 N–H and O–H groups in total. The average Bonchev–Trinajstić information content (AvgIpc) is 2.81. The van der Waals surface area contributed by atoms with Gasteiger partial charge < -0.3 is 14.8 Å². The van der Waals surface area contributed by atoms with Crippen molar-refractivity contribution in [2.24, 2.45) is 5.92 Å². The lowest BCUT2D eigenvalue weighted by atomic mass is 10.0. The Morgan fingerprint density at radius 1 is 1.53 bits per heavy atom. The largest absolute Gasteiger partial charge is 0.497 e. The van der Waals surface area contributed by atoms with Gasteiger partial charge in [0.1, 0.15) is 11.6 Å². The van der Waals surface area contributed by atoms with Crippen molar-refractivity contribution < 1.29 is 13.9 Å². The van der Waals surface area contributed by atoms with Gasteiger partial charge in [-0.05, 0) is 32.3 Å². The predicted molar refractivity (Wildman–Crippen MR) is 72.9 cm³/mol. The molecule has 1 heterocycles. The normalized spacial score (nSPS) is 24.4. The van der Waals surface area contributed by atoms with E-state index in [2.05, 4.69) is 12.2 Å². The molecule has 4 heteroatoms. The van der Waals surface area contributed by atoms with Crippen LogP contribution in [-0.2, 0) is 4.74 Å². The van der Waals surface area contributed by atoms with Crippen LogP contribution in [0.15, 0.2) is 18.2 Å². The maximum atomic E-state index is 13.9. The van der Waals surface area contributed by atoms with Crippen LogP contribution < -0.4 is 10.1 Å². The molecule has 1 aliphatic heterocycles. The number of halogens is 1. The van der Waals surface area contributed by atoms with Crippen LogP contribution in [0.2, 0.25) is 0 Å². The van der Waals surface area contributed by atoms with Crippen LogP contribution >= 0.6 is 0 Å². The van der Waals surface area contributed by atoms with Crippen molar-refractivity contribution in [3.05, 3.63) is 29.6 Å². The molecule has 1 aromatic carbocycles. The lowest BCUT2D eigenvalue weighted by Gasteiger charge is -2.20. The first-order valence-corrected chi connectivity index (χ1v) is 6.80. The van der Waals surface area contributed by atoms with Gasteiger partial charge in [-0.15, -0.1) is 0 Å². The van der Waals surface area contributed by atoms with Gasteiger partial charge in [-0.25, -0.2) is 4.39 Å². The maximum absolute atomic E-state index is 13.9. The molecule has 3 atom stereocenters. The van der Waals surface area contributed by atoms with Crippen LogP contribution in [0.1, 0.15) is 31.9 Å². The molecule has 1 fully saturated rings. The Bertz CT molecular complexity index is 425. The zero-order valence-corrected chi connectivity index (χ0v) is 11.8. The smallest absolute Gasteiger partial charge is 0.131 e. The molecule has 106 valence electrons. The molecular formula is C15H22FNO2. The highest BCUT2D eigenvalue weighted by atomic mass is 19.1. The zero-order valence-electron chi connectivity index (χ0n) is 11.8. The molecule has 0 amide bonds. The number of rotatable bonds is 5. The van der Waals surface area contributed by atoms with Crippen molar-refractivity contribution in [1.29, 1.82) is 0 Å². The van der Waals surface area contributed by atoms with Crippen LogP contribution in [0.25, 0.3) is 0 Å². The van der Waals surface area contributed by atoms with Gasteiger partial charge in [0.2, 0.25) is 0 Å². The van der Waals surface area contributed by atoms with E-state index in [0.29, 0.717) is 23.3 Å². The molecule has 1 aromatic rings. The SMILES string of the molecule is COc1ccc(C(C)NCC2CCOC2C)c(F)c1. The highest BCUT2D eigenvalue weighted by Gasteiger charge is 2.24.